The van der Waals surface area contributed by atoms with E-state index in [0.29, 0.717) is 29.0 Å². The van der Waals surface area contributed by atoms with Crippen molar-refractivity contribution >= 4 is 23.2 Å². The molecule has 0 aliphatic heterocycles. The highest BCUT2D eigenvalue weighted by Crippen LogP contribution is 2.37. The fourth-order valence-electron chi connectivity index (χ4n) is 4.61. The van der Waals surface area contributed by atoms with Gasteiger partial charge in [0.1, 0.15) is 0 Å². The van der Waals surface area contributed by atoms with Gasteiger partial charge in [0.15, 0.2) is 11.5 Å². The molecule has 8 heteroatoms. The molecule has 3 aromatic carbocycles. The third-order valence-electron chi connectivity index (χ3n) is 6.47. The lowest BCUT2D eigenvalue weighted by atomic mass is 9.85. The van der Waals surface area contributed by atoms with E-state index in [2.05, 4.69) is 60.5 Å². The van der Waals surface area contributed by atoms with Crippen molar-refractivity contribution in [1.82, 2.24) is 14.9 Å². The Bertz CT molecular complexity index is 1410. The first-order chi connectivity index (χ1) is 18.3. The molecule has 7 nitrogen and oxygen atoms in total. The number of nitrogens with zero attached hydrogens (tertiary/aromatic N) is 3. The first-order valence-electron chi connectivity index (χ1n) is 12.4. The van der Waals surface area contributed by atoms with Crippen LogP contribution in [-0.4, -0.2) is 43.2 Å². The zero-order chi connectivity index (χ0) is 27.2. The summed E-state index contributed by atoms with van der Waals surface area (Å²) in [6, 6.07) is 20.0. The van der Waals surface area contributed by atoms with Gasteiger partial charge in [-0.05, 0) is 55.1 Å². The Morgan fingerprint density at radius 1 is 0.947 bits per heavy atom. The zero-order valence-corrected chi connectivity index (χ0v) is 23.2. The van der Waals surface area contributed by atoms with E-state index >= 15 is 0 Å². The van der Waals surface area contributed by atoms with Crippen molar-refractivity contribution in [3.05, 3.63) is 94.1 Å². The third-order valence-corrected chi connectivity index (χ3v) is 6.70. The maximum atomic E-state index is 6.53. The molecular formula is C30H34ClN5O2. The first kappa shape index (κ1) is 27.4. The molecule has 1 atom stereocenters. The predicted molar refractivity (Wildman–Crippen MR) is 155 cm³/mol. The largest absolute Gasteiger partial charge is 0.493 e. The molecule has 0 aliphatic rings. The van der Waals surface area contributed by atoms with E-state index < -0.39 is 0 Å². The summed E-state index contributed by atoms with van der Waals surface area (Å²) in [6.07, 6.45) is 1.77. The smallest absolute Gasteiger partial charge is 0.227 e. The topological polar surface area (TPSA) is 85.5 Å². The Morgan fingerprint density at radius 2 is 1.71 bits per heavy atom. The summed E-state index contributed by atoms with van der Waals surface area (Å²) in [5.74, 6) is 1.78. The third kappa shape index (κ3) is 6.07. The number of aromatic nitrogens is 2. The number of hydrogen-bond donors (Lipinski definition) is 2. The monoisotopic (exact) mass is 531 g/mol. The molecule has 38 heavy (non-hydrogen) atoms. The van der Waals surface area contributed by atoms with Gasteiger partial charge in [0.05, 0.1) is 19.9 Å². The molecule has 0 spiro atoms. The van der Waals surface area contributed by atoms with Crippen LogP contribution >= 0.6 is 11.6 Å². The number of nitrogens with two attached hydrogens (primary N) is 1. The molecule has 4 aromatic rings. The highest BCUT2D eigenvalue weighted by molar-refractivity contribution is 6.30. The second kappa shape index (κ2) is 12.3. The van der Waals surface area contributed by atoms with Crippen LogP contribution in [0.5, 0.6) is 11.5 Å². The molecule has 0 aliphatic carbocycles. The van der Waals surface area contributed by atoms with Crippen LogP contribution in [0.2, 0.25) is 5.02 Å². The molecule has 4 rings (SSSR count). The average Bonchev–Trinajstić information content (AvgIpc) is 2.92. The fourth-order valence-corrected chi connectivity index (χ4v) is 4.79. The van der Waals surface area contributed by atoms with Crippen LogP contribution in [0.3, 0.4) is 0 Å². The second-order valence-electron chi connectivity index (χ2n) is 9.36. The standard InChI is InChI=1S/C30H34ClN5O2/c1-19(24-9-7-6-8-20(24)18-36(2)3)26-14-22(31)10-12-25(26)29-21(16-32)17-33-30(35-29)34-23-11-13-27(37-4)28(15-23)38-5/h6-15,17,19H,16,18,32H2,1-5H3,(H,33,34,35). The van der Waals surface area contributed by atoms with Crippen molar-refractivity contribution in [3.8, 4) is 22.8 Å². The van der Waals surface area contributed by atoms with E-state index in [1.807, 2.05) is 36.4 Å². The summed E-state index contributed by atoms with van der Waals surface area (Å²) in [6.45, 7) is 3.35. The van der Waals surface area contributed by atoms with Crippen molar-refractivity contribution in [3.63, 3.8) is 0 Å². The van der Waals surface area contributed by atoms with Crippen LogP contribution in [0.25, 0.3) is 11.3 Å². The molecule has 3 N–H and O–H groups in total. The van der Waals surface area contributed by atoms with Crippen LogP contribution in [0.4, 0.5) is 11.6 Å². The molecule has 0 saturated carbocycles. The van der Waals surface area contributed by atoms with Crippen LogP contribution in [0, 0.1) is 0 Å². The number of halogens is 1. The summed E-state index contributed by atoms with van der Waals surface area (Å²) >= 11 is 6.53. The molecule has 0 radical (unpaired) electrons. The summed E-state index contributed by atoms with van der Waals surface area (Å²) in [5.41, 5.74) is 13.1. The van der Waals surface area contributed by atoms with Gasteiger partial charge < -0.3 is 25.4 Å². The minimum Gasteiger partial charge on any atom is -0.493 e. The first-order valence-corrected chi connectivity index (χ1v) is 12.8. The van der Waals surface area contributed by atoms with Gasteiger partial charge in [0, 0.05) is 53.1 Å². The Morgan fingerprint density at radius 3 is 2.42 bits per heavy atom. The number of benzene rings is 3. The van der Waals surface area contributed by atoms with Crippen molar-refractivity contribution in [2.24, 2.45) is 5.73 Å². The van der Waals surface area contributed by atoms with Gasteiger partial charge in [-0.1, -0.05) is 48.9 Å². The Balaban J connectivity index is 1.78. The number of methoxy groups -OCH3 is 2. The van der Waals surface area contributed by atoms with Crippen molar-refractivity contribution in [2.75, 3.05) is 33.6 Å². The molecular weight excluding hydrogens is 498 g/mol. The Hall–Kier alpha value is -3.65. The van der Waals surface area contributed by atoms with E-state index in [-0.39, 0.29) is 5.92 Å². The summed E-state index contributed by atoms with van der Waals surface area (Å²) in [7, 11) is 7.36. The summed E-state index contributed by atoms with van der Waals surface area (Å²) in [4.78, 5) is 11.6. The quantitative estimate of drug-likeness (QED) is 0.251. The molecule has 0 fully saturated rings. The lowest BCUT2D eigenvalue weighted by Gasteiger charge is -2.22. The molecule has 0 saturated heterocycles. The van der Waals surface area contributed by atoms with Crippen LogP contribution in [0.15, 0.2) is 66.9 Å². The Labute approximate surface area is 229 Å². The van der Waals surface area contributed by atoms with Crippen molar-refractivity contribution in [2.45, 2.75) is 25.9 Å². The van der Waals surface area contributed by atoms with Crippen LogP contribution in [0.1, 0.15) is 35.1 Å². The molecule has 0 bridgehead atoms. The number of rotatable bonds is 10. The highest BCUT2D eigenvalue weighted by atomic mass is 35.5. The van der Waals surface area contributed by atoms with Gasteiger partial charge in [-0.25, -0.2) is 9.97 Å². The minimum atomic E-state index is 0.0719. The molecule has 198 valence electrons. The maximum absolute atomic E-state index is 6.53. The van der Waals surface area contributed by atoms with E-state index in [1.165, 1.54) is 11.1 Å². The summed E-state index contributed by atoms with van der Waals surface area (Å²) < 4.78 is 10.8. The number of nitrogens with one attached hydrogen (secondary N) is 1. The second-order valence-corrected chi connectivity index (χ2v) is 9.79. The molecule has 1 unspecified atom stereocenters. The lowest BCUT2D eigenvalue weighted by Crippen LogP contribution is -2.14. The van der Waals surface area contributed by atoms with Gasteiger partial charge in [-0.15, -0.1) is 0 Å². The maximum Gasteiger partial charge on any atom is 0.227 e. The number of anilines is 2. The van der Waals surface area contributed by atoms with Gasteiger partial charge in [0.25, 0.3) is 0 Å². The van der Waals surface area contributed by atoms with E-state index in [0.717, 1.165) is 34.6 Å². The number of hydrogen-bond acceptors (Lipinski definition) is 7. The van der Waals surface area contributed by atoms with E-state index in [4.69, 9.17) is 31.8 Å². The predicted octanol–water partition coefficient (Wildman–Crippen LogP) is 6.23. The van der Waals surface area contributed by atoms with Gasteiger partial charge in [-0.2, -0.15) is 0 Å². The van der Waals surface area contributed by atoms with E-state index in [9.17, 15) is 0 Å². The normalized spacial score (nSPS) is 11.9. The van der Waals surface area contributed by atoms with Crippen LogP contribution < -0.4 is 20.5 Å². The molecule has 1 heterocycles. The fraction of sp³-hybridized carbons (Fsp3) is 0.267. The zero-order valence-electron chi connectivity index (χ0n) is 22.5. The lowest BCUT2D eigenvalue weighted by molar-refractivity contribution is 0.355. The molecule has 0 amide bonds. The van der Waals surface area contributed by atoms with E-state index in [1.54, 1.807) is 20.4 Å². The highest BCUT2D eigenvalue weighted by Gasteiger charge is 2.20. The van der Waals surface area contributed by atoms with Crippen molar-refractivity contribution in [1.29, 1.82) is 0 Å². The van der Waals surface area contributed by atoms with Crippen molar-refractivity contribution < 1.29 is 9.47 Å². The Kier molecular flexibility index (Phi) is 8.84. The minimum absolute atomic E-state index is 0.0719. The van der Waals surface area contributed by atoms with Gasteiger partial charge in [-0.3, -0.25) is 0 Å². The SMILES string of the molecule is COc1ccc(Nc2ncc(CN)c(-c3ccc(Cl)cc3C(C)c3ccccc3CN(C)C)n2)cc1OC. The van der Waals surface area contributed by atoms with Gasteiger partial charge in [0.2, 0.25) is 5.95 Å². The summed E-state index contributed by atoms with van der Waals surface area (Å²) in [5, 5.41) is 3.96. The molecule has 1 aromatic heterocycles. The number of ether oxygens (including phenoxy) is 2. The average molecular weight is 532 g/mol. The van der Waals surface area contributed by atoms with Crippen LogP contribution in [-0.2, 0) is 13.1 Å². The van der Waals surface area contributed by atoms with Gasteiger partial charge >= 0.3 is 0 Å².